The molecule has 0 saturated heterocycles. The molecule has 0 unspecified atom stereocenters. The third-order valence-electron chi connectivity index (χ3n) is 2.41. The van der Waals surface area contributed by atoms with E-state index in [9.17, 15) is 4.79 Å². The van der Waals surface area contributed by atoms with E-state index in [2.05, 4.69) is 20.5 Å². The molecule has 3 rings (SSSR count). The lowest BCUT2D eigenvalue weighted by Gasteiger charge is -1.99. The lowest BCUT2D eigenvalue weighted by Crippen LogP contribution is -2.12. The SMILES string of the molecule is O=C1NCc2nc(-c3ccn[nH]3)ccc21. The number of pyridine rings is 1. The number of hydrogen-bond acceptors (Lipinski definition) is 3. The molecule has 5 nitrogen and oxygen atoms in total. The minimum absolute atomic E-state index is 0.0475. The van der Waals surface area contributed by atoms with Crippen molar-refractivity contribution in [1.29, 1.82) is 0 Å². The third kappa shape index (κ3) is 1.20. The predicted octanol–water partition coefficient (Wildman–Crippen LogP) is 0.715. The Morgan fingerprint density at radius 1 is 1.27 bits per heavy atom. The van der Waals surface area contributed by atoms with Crippen molar-refractivity contribution in [1.82, 2.24) is 20.5 Å². The number of carbonyl (C=O) groups is 1. The number of nitrogens with zero attached hydrogens (tertiary/aromatic N) is 2. The lowest BCUT2D eigenvalue weighted by atomic mass is 10.2. The van der Waals surface area contributed by atoms with E-state index in [1.165, 1.54) is 0 Å². The zero-order chi connectivity index (χ0) is 10.3. The van der Waals surface area contributed by atoms with Crippen molar-refractivity contribution in [2.24, 2.45) is 0 Å². The van der Waals surface area contributed by atoms with Gasteiger partial charge in [-0.25, -0.2) is 4.98 Å². The molecule has 5 heteroatoms. The summed E-state index contributed by atoms with van der Waals surface area (Å²) in [6.45, 7) is 0.510. The van der Waals surface area contributed by atoms with Gasteiger partial charge < -0.3 is 5.32 Å². The monoisotopic (exact) mass is 200 g/mol. The molecule has 0 spiro atoms. The van der Waals surface area contributed by atoms with Crippen LogP contribution in [0.5, 0.6) is 0 Å². The summed E-state index contributed by atoms with van der Waals surface area (Å²) in [5, 5.41) is 9.43. The van der Waals surface area contributed by atoms with Gasteiger partial charge in [-0.05, 0) is 18.2 Å². The number of fused-ring (bicyclic) bond motifs is 1. The minimum Gasteiger partial charge on any atom is -0.346 e. The molecule has 3 heterocycles. The van der Waals surface area contributed by atoms with Gasteiger partial charge in [0.1, 0.15) is 0 Å². The summed E-state index contributed by atoms with van der Waals surface area (Å²) in [6.07, 6.45) is 1.67. The number of amides is 1. The maximum Gasteiger partial charge on any atom is 0.253 e. The van der Waals surface area contributed by atoms with Gasteiger partial charge in [-0.15, -0.1) is 0 Å². The molecule has 2 N–H and O–H groups in total. The van der Waals surface area contributed by atoms with Crippen LogP contribution in [-0.2, 0) is 6.54 Å². The van der Waals surface area contributed by atoms with Gasteiger partial charge in [0.25, 0.3) is 5.91 Å². The Labute approximate surface area is 85.5 Å². The van der Waals surface area contributed by atoms with Crippen molar-refractivity contribution < 1.29 is 4.79 Å². The molecule has 2 aromatic heterocycles. The highest BCUT2D eigenvalue weighted by Gasteiger charge is 2.20. The Morgan fingerprint density at radius 2 is 2.20 bits per heavy atom. The van der Waals surface area contributed by atoms with Crippen molar-refractivity contribution in [3.63, 3.8) is 0 Å². The van der Waals surface area contributed by atoms with E-state index < -0.39 is 0 Å². The van der Waals surface area contributed by atoms with Crippen LogP contribution in [0.25, 0.3) is 11.4 Å². The van der Waals surface area contributed by atoms with Gasteiger partial charge in [-0.2, -0.15) is 5.10 Å². The summed E-state index contributed by atoms with van der Waals surface area (Å²) in [5.41, 5.74) is 3.13. The van der Waals surface area contributed by atoms with Gasteiger partial charge in [-0.1, -0.05) is 0 Å². The number of aromatic amines is 1. The molecule has 1 aliphatic heterocycles. The molecule has 0 atom stereocenters. The highest BCUT2D eigenvalue weighted by molar-refractivity contribution is 5.97. The van der Waals surface area contributed by atoms with E-state index >= 15 is 0 Å². The molecule has 0 radical (unpaired) electrons. The van der Waals surface area contributed by atoms with Crippen LogP contribution < -0.4 is 5.32 Å². The molecule has 0 bridgehead atoms. The fourth-order valence-electron chi connectivity index (χ4n) is 1.65. The number of nitrogens with one attached hydrogen (secondary N) is 2. The van der Waals surface area contributed by atoms with Crippen LogP contribution in [-0.4, -0.2) is 21.1 Å². The van der Waals surface area contributed by atoms with E-state index in [0.29, 0.717) is 12.1 Å². The second-order valence-corrected chi connectivity index (χ2v) is 3.34. The maximum absolute atomic E-state index is 11.3. The van der Waals surface area contributed by atoms with Crippen LogP contribution in [0.4, 0.5) is 0 Å². The molecule has 0 aliphatic carbocycles. The summed E-state index contributed by atoms with van der Waals surface area (Å²) in [5.74, 6) is -0.0475. The largest absolute Gasteiger partial charge is 0.346 e. The summed E-state index contributed by atoms with van der Waals surface area (Å²) in [6, 6.07) is 5.46. The molecule has 74 valence electrons. The van der Waals surface area contributed by atoms with Crippen LogP contribution in [0, 0.1) is 0 Å². The van der Waals surface area contributed by atoms with Gasteiger partial charge in [-0.3, -0.25) is 9.89 Å². The molecule has 1 aliphatic rings. The molecule has 0 aromatic carbocycles. The zero-order valence-electron chi connectivity index (χ0n) is 7.82. The number of aromatic nitrogens is 3. The summed E-state index contributed by atoms with van der Waals surface area (Å²) in [7, 11) is 0. The number of H-pyrrole nitrogens is 1. The topological polar surface area (TPSA) is 70.7 Å². The standard InChI is InChI=1S/C10H8N4O/c15-10-6-1-2-7(8-3-4-12-14-8)13-9(6)5-11-10/h1-4H,5H2,(H,11,15)(H,12,14). The van der Waals surface area contributed by atoms with Crippen LogP contribution in [0.1, 0.15) is 16.1 Å². The highest BCUT2D eigenvalue weighted by Crippen LogP contribution is 2.19. The first-order chi connectivity index (χ1) is 7.34. The van der Waals surface area contributed by atoms with E-state index in [1.54, 1.807) is 12.3 Å². The smallest absolute Gasteiger partial charge is 0.253 e. The number of carbonyl (C=O) groups excluding carboxylic acids is 1. The summed E-state index contributed by atoms with van der Waals surface area (Å²) >= 11 is 0. The van der Waals surface area contributed by atoms with E-state index in [1.807, 2.05) is 12.1 Å². The molecule has 0 saturated carbocycles. The Hall–Kier alpha value is -2.17. The quantitative estimate of drug-likeness (QED) is 0.712. The van der Waals surface area contributed by atoms with Crippen molar-refractivity contribution >= 4 is 5.91 Å². The van der Waals surface area contributed by atoms with Crippen LogP contribution in [0.15, 0.2) is 24.4 Å². The predicted molar refractivity (Wildman–Crippen MR) is 53.0 cm³/mol. The fraction of sp³-hybridized carbons (Fsp3) is 0.100. The molecule has 1 amide bonds. The maximum atomic E-state index is 11.3. The average Bonchev–Trinajstić information content (AvgIpc) is 2.88. The first-order valence-corrected chi connectivity index (χ1v) is 4.62. The second kappa shape index (κ2) is 2.91. The lowest BCUT2D eigenvalue weighted by molar-refractivity contribution is 0.0966. The van der Waals surface area contributed by atoms with Crippen LogP contribution >= 0.6 is 0 Å². The average molecular weight is 200 g/mol. The van der Waals surface area contributed by atoms with Gasteiger partial charge in [0, 0.05) is 6.20 Å². The molecule has 15 heavy (non-hydrogen) atoms. The molecule has 0 fully saturated rings. The molecule has 2 aromatic rings. The van der Waals surface area contributed by atoms with E-state index in [4.69, 9.17) is 0 Å². The Kier molecular flexibility index (Phi) is 1.58. The van der Waals surface area contributed by atoms with Gasteiger partial charge >= 0.3 is 0 Å². The van der Waals surface area contributed by atoms with Crippen molar-refractivity contribution in [2.75, 3.05) is 0 Å². The number of rotatable bonds is 1. The summed E-state index contributed by atoms with van der Waals surface area (Å²) in [4.78, 5) is 15.7. The van der Waals surface area contributed by atoms with Gasteiger partial charge in [0.15, 0.2) is 0 Å². The Morgan fingerprint density at radius 3 is 3.00 bits per heavy atom. The first kappa shape index (κ1) is 8.16. The Balaban J connectivity index is 2.11. The first-order valence-electron chi connectivity index (χ1n) is 4.62. The van der Waals surface area contributed by atoms with Crippen molar-refractivity contribution in [2.45, 2.75) is 6.54 Å². The fourth-order valence-corrected chi connectivity index (χ4v) is 1.65. The Bertz CT molecular complexity index is 518. The molecular formula is C10H8N4O. The van der Waals surface area contributed by atoms with Crippen molar-refractivity contribution in [3.05, 3.63) is 35.7 Å². The normalized spacial score (nSPS) is 13.7. The van der Waals surface area contributed by atoms with Gasteiger partial charge in [0.2, 0.25) is 0 Å². The van der Waals surface area contributed by atoms with Crippen LogP contribution in [0.3, 0.4) is 0 Å². The second-order valence-electron chi connectivity index (χ2n) is 3.34. The zero-order valence-corrected chi connectivity index (χ0v) is 7.82. The minimum atomic E-state index is -0.0475. The summed E-state index contributed by atoms with van der Waals surface area (Å²) < 4.78 is 0. The van der Waals surface area contributed by atoms with Gasteiger partial charge in [0.05, 0.1) is 29.2 Å². The third-order valence-corrected chi connectivity index (χ3v) is 2.41. The van der Waals surface area contributed by atoms with E-state index in [-0.39, 0.29) is 5.91 Å². The van der Waals surface area contributed by atoms with Crippen LogP contribution in [0.2, 0.25) is 0 Å². The van der Waals surface area contributed by atoms with E-state index in [0.717, 1.165) is 17.1 Å². The van der Waals surface area contributed by atoms with Crippen molar-refractivity contribution in [3.8, 4) is 11.4 Å². The highest BCUT2D eigenvalue weighted by atomic mass is 16.1. The number of hydrogen-bond donors (Lipinski definition) is 2. The molecular weight excluding hydrogens is 192 g/mol.